The van der Waals surface area contributed by atoms with Gasteiger partial charge in [-0.3, -0.25) is 4.79 Å². The van der Waals surface area contributed by atoms with E-state index in [0.29, 0.717) is 5.92 Å². The number of hydrogen-bond donors (Lipinski definition) is 3. The zero-order chi connectivity index (χ0) is 17.7. The Morgan fingerprint density at radius 1 is 1.12 bits per heavy atom. The van der Waals surface area contributed by atoms with Crippen LogP contribution in [-0.2, 0) is 14.3 Å². The minimum absolute atomic E-state index is 0.183. The molecule has 3 rings (SSSR count). The third-order valence-electron chi connectivity index (χ3n) is 4.71. The van der Waals surface area contributed by atoms with Crippen LogP contribution in [0.3, 0.4) is 0 Å². The van der Waals surface area contributed by atoms with E-state index < -0.39 is 12.1 Å². The zero-order valence-corrected chi connectivity index (χ0v) is 13.3. The molecule has 3 aliphatic rings. The molecule has 2 saturated heterocycles. The van der Waals surface area contributed by atoms with Crippen LogP contribution < -0.4 is 10.6 Å². The third-order valence-corrected chi connectivity index (χ3v) is 4.71. The van der Waals surface area contributed by atoms with Crippen molar-refractivity contribution in [1.82, 2.24) is 10.6 Å². The SMILES string of the molecule is O=C(N[C@@H]1CNC[C@@H]2CCCO[C@@H]21)C1CCC1.O=C(O)C(F)(F)F. The molecule has 0 aromatic rings. The van der Waals surface area contributed by atoms with Gasteiger partial charge in [0.05, 0.1) is 12.1 Å². The molecule has 3 N–H and O–H groups in total. The minimum atomic E-state index is -5.08. The Balaban J connectivity index is 0.000000256. The van der Waals surface area contributed by atoms with Crippen molar-refractivity contribution >= 4 is 11.9 Å². The fourth-order valence-electron chi connectivity index (χ4n) is 3.17. The number of rotatable bonds is 2. The van der Waals surface area contributed by atoms with Gasteiger partial charge in [-0.1, -0.05) is 6.42 Å². The lowest BCUT2D eigenvalue weighted by Gasteiger charge is -2.42. The van der Waals surface area contributed by atoms with Crippen molar-refractivity contribution in [2.75, 3.05) is 19.7 Å². The largest absolute Gasteiger partial charge is 0.490 e. The second-order valence-electron chi connectivity index (χ2n) is 6.44. The first-order valence-corrected chi connectivity index (χ1v) is 8.22. The van der Waals surface area contributed by atoms with Crippen molar-refractivity contribution in [1.29, 1.82) is 0 Å². The number of hydrogen-bond acceptors (Lipinski definition) is 4. The standard InChI is InChI=1S/C13H22N2O2.C2HF3O2/c16-13(9-3-1-4-9)15-11-8-14-7-10-5-2-6-17-12(10)11;3-2(4,5)1(6)7/h9-12,14H,1-8H2,(H,15,16);(H,6,7)/t10-,11+,12-;/m0./s1. The molecular weight excluding hydrogens is 329 g/mol. The third kappa shape index (κ3) is 5.07. The van der Waals surface area contributed by atoms with E-state index in [9.17, 15) is 18.0 Å². The van der Waals surface area contributed by atoms with Gasteiger partial charge in [-0.15, -0.1) is 0 Å². The van der Waals surface area contributed by atoms with Gasteiger partial charge >= 0.3 is 12.1 Å². The minimum Gasteiger partial charge on any atom is -0.475 e. The summed E-state index contributed by atoms with van der Waals surface area (Å²) in [4.78, 5) is 20.9. The number of piperidine rings is 1. The van der Waals surface area contributed by atoms with Gasteiger partial charge in [0.25, 0.3) is 0 Å². The van der Waals surface area contributed by atoms with Gasteiger partial charge in [0.1, 0.15) is 0 Å². The maximum Gasteiger partial charge on any atom is 0.490 e. The van der Waals surface area contributed by atoms with Crippen LogP contribution in [0.2, 0.25) is 0 Å². The molecule has 9 heteroatoms. The van der Waals surface area contributed by atoms with Gasteiger partial charge in [-0.25, -0.2) is 4.79 Å². The van der Waals surface area contributed by atoms with Crippen LogP contribution in [0.15, 0.2) is 0 Å². The Labute approximate surface area is 138 Å². The average Bonchev–Trinajstić information content (AvgIpc) is 2.45. The number of carbonyl (C=O) groups excluding carboxylic acids is 1. The Kier molecular flexibility index (Phi) is 6.45. The molecule has 0 radical (unpaired) electrons. The van der Waals surface area contributed by atoms with Crippen LogP contribution in [-0.4, -0.2) is 55.0 Å². The van der Waals surface area contributed by atoms with E-state index in [-0.39, 0.29) is 24.0 Å². The normalized spacial score (nSPS) is 30.2. The van der Waals surface area contributed by atoms with Crippen molar-refractivity contribution in [2.45, 2.75) is 50.4 Å². The van der Waals surface area contributed by atoms with Gasteiger partial charge in [0.15, 0.2) is 0 Å². The van der Waals surface area contributed by atoms with Gasteiger partial charge in [0, 0.05) is 25.6 Å². The summed E-state index contributed by atoms with van der Waals surface area (Å²) in [5, 5.41) is 13.7. The van der Waals surface area contributed by atoms with Crippen molar-refractivity contribution in [3.05, 3.63) is 0 Å². The highest BCUT2D eigenvalue weighted by molar-refractivity contribution is 5.79. The molecule has 0 spiro atoms. The summed E-state index contributed by atoms with van der Waals surface area (Å²) in [5.74, 6) is -1.64. The first-order valence-electron chi connectivity index (χ1n) is 8.22. The highest BCUT2D eigenvalue weighted by Gasteiger charge is 2.39. The van der Waals surface area contributed by atoms with E-state index in [1.807, 2.05) is 0 Å². The Morgan fingerprint density at radius 2 is 1.79 bits per heavy atom. The molecule has 24 heavy (non-hydrogen) atoms. The van der Waals surface area contributed by atoms with Crippen LogP contribution >= 0.6 is 0 Å². The molecule has 1 saturated carbocycles. The highest BCUT2D eigenvalue weighted by atomic mass is 19.4. The van der Waals surface area contributed by atoms with Crippen molar-refractivity contribution in [2.24, 2.45) is 11.8 Å². The van der Waals surface area contributed by atoms with Crippen LogP contribution in [0.4, 0.5) is 13.2 Å². The maximum atomic E-state index is 12.0. The van der Waals surface area contributed by atoms with Crippen molar-refractivity contribution < 1.29 is 32.6 Å². The molecule has 0 bridgehead atoms. The fraction of sp³-hybridized carbons (Fsp3) is 0.867. The van der Waals surface area contributed by atoms with Crippen molar-refractivity contribution in [3.8, 4) is 0 Å². The molecular formula is C15H23F3N2O4. The number of alkyl halides is 3. The number of nitrogens with one attached hydrogen (secondary N) is 2. The monoisotopic (exact) mass is 352 g/mol. The first kappa shape index (κ1) is 19.0. The predicted octanol–water partition coefficient (Wildman–Crippen LogP) is 1.30. The fourth-order valence-corrected chi connectivity index (χ4v) is 3.17. The lowest BCUT2D eigenvalue weighted by Crippen LogP contribution is -2.60. The molecule has 0 unspecified atom stereocenters. The second-order valence-corrected chi connectivity index (χ2v) is 6.44. The van der Waals surface area contributed by atoms with Crippen LogP contribution in [0.25, 0.3) is 0 Å². The maximum absolute atomic E-state index is 12.0. The molecule has 6 nitrogen and oxygen atoms in total. The number of amides is 1. The summed E-state index contributed by atoms with van der Waals surface area (Å²) in [5.41, 5.74) is 0. The zero-order valence-electron chi connectivity index (χ0n) is 13.3. The molecule has 0 aromatic carbocycles. The number of carbonyl (C=O) groups is 2. The summed E-state index contributed by atoms with van der Waals surface area (Å²) >= 11 is 0. The quantitative estimate of drug-likeness (QED) is 0.697. The van der Waals surface area contributed by atoms with Crippen LogP contribution in [0, 0.1) is 11.8 Å². The molecule has 1 amide bonds. The molecule has 0 aromatic heterocycles. The van der Waals surface area contributed by atoms with Gasteiger partial charge in [0.2, 0.25) is 5.91 Å². The van der Waals surface area contributed by atoms with E-state index >= 15 is 0 Å². The molecule has 3 fully saturated rings. The lowest BCUT2D eigenvalue weighted by molar-refractivity contribution is -0.192. The highest BCUT2D eigenvalue weighted by Crippen LogP contribution is 2.28. The number of ether oxygens (including phenoxy) is 1. The smallest absolute Gasteiger partial charge is 0.475 e. The summed E-state index contributed by atoms with van der Waals surface area (Å²) < 4.78 is 37.6. The molecule has 3 atom stereocenters. The predicted molar refractivity (Wildman–Crippen MR) is 78.3 cm³/mol. The number of carboxylic acid groups (broad SMARTS) is 1. The Bertz CT molecular complexity index is 452. The van der Waals surface area contributed by atoms with Gasteiger partial charge in [-0.2, -0.15) is 13.2 Å². The summed E-state index contributed by atoms with van der Waals surface area (Å²) in [6.45, 7) is 2.76. The second kappa shape index (κ2) is 8.15. The van der Waals surface area contributed by atoms with Gasteiger partial charge < -0.3 is 20.5 Å². The Hall–Kier alpha value is -1.35. The average molecular weight is 352 g/mol. The lowest BCUT2D eigenvalue weighted by atomic mass is 9.83. The van der Waals surface area contributed by atoms with E-state index in [1.165, 1.54) is 12.8 Å². The summed E-state index contributed by atoms with van der Waals surface area (Å²) in [6.07, 6.45) is 0.902. The van der Waals surface area contributed by atoms with Crippen LogP contribution in [0.1, 0.15) is 32.1 Å². The van der Waals surface area contributed by atoms with Gasteiger partial charge in [-0.05, 0) is 31.6 Å². The number of aliphatic carboxylic acids is 1. The molecule has 2 heterocycles. The number of carboxylic acids is 1. The molecule has 2 aliphatic heterocycles. The molecule has 138 valence electrons. The van der Waals surface area contributed by atoms with Crippen molar-refractivity contribution in [3.63, 3.8) is 0 Å². The number of halogens is 3. The van der Waals surface area contributed by atoms with E-state index in [1.54, 1.807) is 0 Å². The Morgan fingerprint density at radius 3 is 2.33 bits per heavy atom. The van der Waals surface area contributed by atoms with E-state index in [2.05, 4.69) is 10.6 Å². The van der Waals surface area contributed by atoms with Crippen LogP contribution in [0.5, 0.6) is 0 Å². The summed E-state index contributed by atoms with van der Waals surface area (Å²) in [6, 6.07) is 0.183. The molecule has 1 aliphatic carbocycles. The number of fused-ring (bicyclic) bond motifs is 1. The van der Waals surface area contributed by atoms with E-state index in [4.69, 9.17) is 14.6 Å². The topological polar surface area (TPSA) is 87.7 Å². The first-order chi connectivity index (χ1) is 11.3. The van der Waals surface area contributed by atoms with E-state index in [0.717, 1.165) is 39.0 Å². The summed E-state index contributed by atoms with van der Waals surface area (Å²) in [7, 11) is 0.